The van der Waals surface area contributed by atoms with Crippen LogP contribution in [-0.2, 0) is 30.8 Å². The Morgan fingerprint density at radius 2 is 1.61 bits per heavy atom. The van der Waals surface area contributed by atoms with Crippen LogP contribution in [0.15, 0.2) is 66.7 Å². The Hall–Kier alpha value is -3.45. The van der Waals surface area contributed by atoms with E-state index in [1.807, 2.05) is 45.0 Å². The van der Waals surface area contributed by atoms with E-state index in [1.165, 1.54) is 9.80 Å². The van der Waals surface area contributed by atoms with E-state index in [4.69, 9.17) is 0 Å². The van der Waals surface area contributed by atoms with Crippen molar-refractivity contribution in [3.8, 4) is 0 Å². The van der Waals surface area contributed by atoms with Crippen LogP contribution in [0.25, 0.3) is 0 Å². The molecule has 0 saturated carbocycles. The summed E-state index contributed by atoms with van der Waals surface area (Å²) in [5, 5.41) is 0. The van der Waals surface area contributed by atoms with Gasteiger partial charge in [-0.3, -0.25) is 14.5 Å². The Labute approximate surface area is 193 Å². The number of nitrogens with zero attached hydrogens (tertiary/aromatic N) is 2. The zero-order valence-corrected chi connectivity index (χ0v) is 19.5. The van der Waals surface area contributed by atoms with E-state index in [0.29, 0.717) is 16.9 Å². The van der Waals surface area contributed by atoms with Crippen LogP contribution in [0.4, 0.5) is 11.4 Å². The molecular weight excluding hydrogens is 436 g/mol. The molecule has 2 heterocycles. The number of sulfone groups is 1. The van der Waals surface area contributed by atoms with E-state index in [0.717, 1.165) is 22.3 Å². The van der Waals surface area contributed by atoms with E-state index in [1.54, 1.807) is 42.5 Å². The number of carbonyl (C=O) groups is 2. The first kappa shape index (κ1) is 21.4. The van der Waals surface area contributed by atoms with Crippen LogP contribution in [0.3, 0.4) is 0 Å². The molecule has 2 aliphatic rings. The molecule has 168 valence electrons. The van der Waals surface area contributed by atoms with Gasteiger partial charge >= 0.3 is 0 Å². The lowest BCUT2D eigenvalue weighted by Gasteiger charge is -2.33. The van der Waals surface area contributed by atoms with Gasteiger partial charge in [-0.1, -0.05) is 54.1 Å². The standard InChI is InChI=1S/C26H24N2O4S/c1-17-7-6-8-21(14-17)28-24(29)16-33(31,32)26(28)22-9-4-5-10-23(22)27(25(26)30)15-20-13-18(2)11-12-19(20)3/h4-14H,15-16H2,1-3H3/t26-/m1/s1. The van der Waals surface area contributed by atoms with Crippen molar-refractivity contribution in [2.24, 2.45) is 0 Å². The average Bonchev–Trinajstić information content (AvgIpc) is 3.13. The highest BCUT2D eigenvalue weighted by Crippen LogP contribution is 2.52. The van der Waals surface area contributed by atoms with Crippen LogP contribution in [0.5, 0.6) is 0 Å². The SMILES string of the molecule is Cc1cccc(N2C(=O)CS(=O)(=O)[C@]23C(=O)N(Cc2cc(C)ccc2C)c2ccccc23)c1. The molecule has 1 atom stereocenters. The highest BCUT2D eigenvalue weighted by atomic mass is 32.2. The molecule has 0 radical (unpaired) electrons. The zero-order valence-electron chi connectivity index (χ0n) is 18.7. The summed E-state index contributed by atoms with van der Waals surface area (Å²) in [5.74, 6) is -1.92. The number of hydrogen-bond donors (Lipinski definition) is 0. The molecule has 1 saturated heterocycles. The van der Waals surface area contributed by atoms with Crippen LogP contribution in [0, 0.1) is 20.8 Å². The second-order valence-corrected chi connectivity index (χ2v) is 10.9. The fourth-order valence-electron chi connectivity index (χ4n) is 4.96. The van der Waals surface area contributed by atoms with Crippen molar-refractivity contribution >= 4 is 33.0 Å². The summed E-state index contributed by atoms with van der Waals surface area (Å²) in [5.41, 5.74) is 5.09. The zero-order chi connectivity index (χ0) is 23.5. The van der Waals surface area contributed by atoms with Crippen LogP contribution in [-0.4, -0.2) is 26.0 Å². The Bertz CT molecular complexity index is 1430. The third-order valence-corrected chi connectivity index (χ3v) is 8.62. The molecule has 0 N–H and O–H groups in total. The summed E-state index contributed by atoms with van der Waals surface area (Å²) >= 11 is 0. The van der Waals surface area contributed by atoms with Crippen LogP contribution in [0.1, 0.15) is 27.8 Å². The van der Waals surface area contributed by atoms with Crippen molar-refractivity contribution in [1.29, 1.82) is 0 Å². The maximum atomic E-state index is 14.2. The molecule has 33 heavy (non-hydrogen) atoms. The van der Waals surface area contributed by atoms with Crippen LogP contribution >= 0.6 is 0 Å². The van der Waals surface area contributed by atoms with Crippen molar-refractivity contribution in [1.82, 2.24) is 0 Å². The topological polar surface area (TPSA) is 74.8 Å². The van der Waals surface area contributed by atoms with Gasteiger partial charge in [0.2, 0.25) is 5.91 Å². The van der Waals surface area contributed by atoms with Crippen LogP contribution in [0.2, 0.25) is 0 Å². The minimum atomic E-state index is -4.17. The van der Waals surface area contributed by atoms with E-state index in [2.05, 4.69) is 0 Å². The molecule has 2 aliphatic heterocycles. The molecule has 2 amide bonds. The summed E-state index contributed by atoms with van der Waals surface area (Å²) in [6.07, 6.45) is 0. The lowest BCUT2D eigenvalue weighted by Crippen LogP contribution is -2.54. The average molecular weight is 461 g/mol. The first-order chi connectivity index (χ1) is 15.7. The molecule has 0 unspecified atom stereocenters. The van der Waals surface area contributed by atoms with Crippen molar-refractivity contribution in [2.45, 2.75) is 32.2 Å². The normalized spacial score (nSPS) is 21.2. The minimum Gasteiger partial charge on any atom is -0.304 e. The smallest absolute Gasteiger partial charge is 0.274 e. The fourth-order valence-corrected chi connectivity index (χ4v) is 6.99. The predicted octanol–water partition coefficient (Wildman–Crippen LogP) is 3.77. The number of fused-ring (bicyclic) bond motifs is 2. The summed E-state index contributed by atoms with van der Waals surface area (Å²) < 4.78 is 27.3. The summed E-state index contributed by atoms with van der Waals surface area (Å²) in [6.45, 7) is 6.02. The number of anilines is 2. The lowest BCUT2D eigenvalue weighted by molar-refractivity contribution is -0.123. The van der Waals surface area contributed by atoms with Gasteiger partial charge in [-0.15, -0.1) is 0 Å². The summed E-state index contributed by atoms with van der Waals surface area (Å²) in [6, 6.07) is 19.9. The molecule has 7 heteroatoms. The second kappa shape index (κ2) is 7.28. The number of para-hydroxylation sites is 1. The Kier molecular flexibility index (Phi) is 4.72. The number of aryl methyl sites for hydroxylation is 3. The highest BCUT2D eigenvalue weighted by molar-refractivity contribution is 7.94. The molecule has 3 aromatic carbocycles. The van der Waals surface area contributed by atoms with Crippen LogP contribution < -0.4 is 9.80 Å². The Morgan fingerprint density at radius 3 is 2.36 bits per heavy atom. The second-order valence-electron chi connectivity index (χ2n) is 8.81. The monoisotopic (exact) mass is 460 g/mol. The van der Waals surface area contributed by atoms with E-state index < -0.39 is 32.3 Å². The summed E-state index contributed by atoms with van der Waals surface area (Å²) in [4.78, 5) is 27.9. The lowest BCUT2D eigenvalue weighted by atomic mass is 10.0. The largest absolute Gasteiger partial charge is 0.304 e. The molecule has 5 rings (SSSR count). The third kappa shape index (κ3) is 2.95. The van der Waals surface area contributed by atoms with Gasteiger partial charge in [-0.2, -0.15) is 0 Å². The molecule has 0 aromatic heterocycles. The van der Waals surface area contributed by atoms with Crippen molar-refractivity contribution in [3.05, 3.63) is 94.5 Å². The molecule has 3 aromatic rings. The van der Waals surface area contributed by atoms with Crippen molar-refractivity contribution in [2.75, 3.05) is 15.6 Å². The van der Waals surface area contributed by atoms with Crippen molar-refractivity contribution < 1.29 is 18.0 Å². The number of amides is 2. The molecule has 0 bridgehead atoms. The molecule has 1 fully saturated rings. The van der Waals surface area contributed by atoms with E-state index in [-0.39, 0.29) is 6.54 Å². The molecule has 0 aliphatic carbocycles. The van der Waals surface area contributed by atoms with Gasteiger partial charge in [0, 0.05) is 11.3 Å². The molecule has 1 spiro atoms. The van der Waals surface area contributed by atoms with Crippen molar-refractivity contribution in [3.63, 3.8) is 0 Å². The molecular formula is C26H24N2O4S. The maximum Gasteiger partial charge on any atom is 0.274 e. The van der Waals surface area contributed by atoms with Gasteiger partial charge in [0.25, 0.3) is 10.8 Å². The summed E-state index contributed by atoms with van der Waals surface area (Å²) in [7, 11) is -4.17. The predicted molar refractivity (Wildman–Crippen MR) is 128 cm³/mol. The van der Waals surface area contributed by atoms with Gasteiger partial charge in [-0.25, -0.2) is 8.42 Å². The number of carbonyl (C=O) groups excluding carboxylic acids is 2. The first-order valence-electron chi connectivity index (χ1n) is 10.8. The minimum absolute atomic E-state index is 0.219. The highest BCUT2D eigenvalue weighted by Gasteiger charge is 2.69. The number of rotatable bonds is 3. The van der Waals surface area contributed by atoms with E-state index in [9.17, 15) is 18.0 Å². The van der Waals surface area contributed by atoms with Gasteiger partial charge in [-0.05, 0) is 55.7 Å². The maximum absolute atomic E-state index is 14.2. The third-order valence-electron chi connectivity index (χ3n) is 6.52. The number of hydrogen-bond acceptors (Lipinski definition) is 4. The van der Waals surface area contributed by atoms with Gasteiger partial charge in [0.1, 0.15) is 5.75 Å². The van der Waals surface area contributed by atoms with E-state index >= 15 is 0 Å². The Morgan fingerprint density at radius 1 is 0.879 bits per heavy atom. The van der Waals surface area contributed by atoms with Gasteiger partial charge in [0.05, 0.1) is 12.2 Å². The van der Waals surface area contributed by atoms with Gasteiger partial charge in [0.15, 0.2) is 9.84 Å². The fraction of sp³-hybridized carbons (Fsp3) is 0.231. The Balaban J connectivity index is 1.75. The molecule has 6 nitrogen and oxygen atoms in total. The first-order valence-corrected chi connectivity index (χ1v) is 12.4. The quantitative estimate of drug-likeness (QED) is 0.596. The van der Waals surface area contributed by atoms with Gasteiger partial charge < -0.3 is 4.90 Å². The number of benzene rings is 3.